The molecule has 1 aliphatic rings. The van der Waals surface area contributed by atoms with Crippen LogP contribution in [-0.4, -0.2) is 33.8 Å². The number of carbonyl (C=O) groups is 2. The number of nitrogens with one attached hydrogen (secondary N) is 1. The lowest BCUT2D eigenvalue weighted by molar-refractivity contribution is -0.152. The lowest BCUT2D eigenvalue weighted by Gasteiger charge is -2.41. The van der Waals surface area contributed by atoms with Gasteiger partial charge >= 0.3 is 0 Å². The zero-order valence-electron chi connectivity index (χ0n) is 13.2. The van der Waals surface area contributed by atoms with Crippen molar-refractivity contribution in [2.75, 3.05) is 0 Å². The summed E-state index contributed by atoms with van der Waals surface area (Å²) in [5.74, 6) is 0.0403. The van der Waals surface area contributed by atoms with Crippen LogP contribution in [0.25, 0.3) is 0 Å². The van der Waals surface area contributed by atoms with Gasteiger partial charge < -0.3 is 10.2 Å². The zero-order valence-corrected chi connectivity index (χ0v) is 14.0. The molecular formula is C15H23N3O2S. The smallest absolute Gasteiger partial charge is 0.246 e. The Morgan fingerprint density at radius 2 is 2.10 bits per heavy atom. The molecule has 0 spiro atoms. The lowest BCUT2D eigenvalue weighted by Crippen LogP contribution is -2.64. The second kappa shape index (κ2) is 6.13. The van der Waals surface area contributed by atoms with Crippen molar-refractivity contribution in [3.63, 3.8) is 0 Å². The summed E-state index contributed by atoms with van der Waals surface area (Å²) < 4.78 is 0. The van der Waals surface area contributed by atoms with E-state index in [1.54, 1.807) is 23.2 Å². The Hall–Kier alpha value is -1.43. The molecule has 4 unspecified atom stereocenters. The van der Waals surface area contributed by atoms with Crippen molar-refractivity contribution in [2.24, 2.45) is 5.92 Å². The summed E-state index contributed by atoms with van der Waals surface area (Å²) in [5.41, 5.74) is 0. The van der Waals surface area contributed by atoms with E-state index in [-0.39, 0.29) is 23.8 Å². The van der Waals surface area contributed by atoms with Crippen molar-refractivity contribution in [3.8, 4) is 0 Å². The molecular weight excluding hydrogens is 286 g/mol. The zero-order chi connectivity index (χ0) is 15.7. The summed E-state index contributed by atoms with van der Waals surface area (Å²) in [7, 11) is 0. The number of thiazole rings is 1. The van der Waals surface area contributed by atoms with E-state index in [1.165, 1.54) is 0 Å². The quantitative estimate of drug-likeness (QED) is 0.928. The molecule has 1 aliphatic heterocycles. The number of piperazine rings is 1. The largest absolute Gasteiger partial charge is 0.342 e. The first-order chi connectivity index (χ1) is 9.86. The number of nitrogens with zero attached hydrogens (tertiary/aromatic N) is 2. The molecule has 1 N–H and O–H groups in total. The first-order valence-electron chi connectivity index (χ1n) is 7.41. The topological polar surface area (TPSA) is 62.3 Å². The maximum Gasteiger partial charge on any atom is 0.246 e. The minimum absolute atomic E-state index is 0.00296. The van der Waals surface area contributed by atoms with Crippen molar-refractivity contribution in [1.82, 2.24) is 15.2 Å². The molecule has 0 saturated carbocycles. The van der Waals surface area contributed by atoms with E-state index in [0.717, 1.165) is 16.3 Å². The van der Waals surface area contributed by atoms with Crippen molar-refractivity contribution in [2.45, 2.75) is 59.2 Å². The second-order valence-electron chi connectivity index (χ2n) is 5.78. The van der Waals surface area contributed by atoms with Crippen LogP contribution in [0.4, 0.5) is 0 Å². The SMILES string of the molecule is CCC(C)C1NC(=O)C(C)N(C(C)c2ncc(C)s2)C1=O. The summed E-state index contributed by atoms with van der Waals surface area (Å²) in [4.78, 5) is 32.2. The van der Waals surface area contributed by atoms with Gasteiger partial charge in [0.2, 0.25) is 11.8 Å². The maximum absolute atomic E-state index is 12.8. The monoisotopic (exact) mass is 309 g/mol. The standard InChI is InChI=1S/C15H23N3O2S/c1-6-8(2)12-15(20)18(10(4)13(19)17-12)11(5)14-16-7-9(3)21-14/h7-8,10-12H,6H2,1-5H3,(H,17,19). The molecule has 1 aromatic rings. The van der Waals surface area contributed by atoms with Crippen molar-refractivity contribution < 1.29 is 9.59 Å². The van der Waals surface area contributed by atoms with E-state index in [2.05, 4.69) is 10.3 Å². The average molecular weight is 309 g/mol. The van der Waals surface area contributed by atoms with Gasteiger partial charge in [0.05, 0.1) is 6.04 Å². The Balaban J connectivity index is 2.30. The number of rotatable bonds is 4. The maximum atomic E-state index is 12.8. The summed E-state index contributed by atoms with van der Waals surface area (Å²) in [6, 6.07) is -1.07. The summed E-state index contributed by atoms with van der Waals surface area (Å²) in [6.45, 7) is 9.73. The number of aryl methyl sites for hydroxylation is 1. The van der Waals surface area contributed by atoms with Gasteiger partial charge in [-0.05, 0) is 26.7 Å². The van der Waals surface area contributed by atoms with Crippen molar-refractivity contribution in [3.05, 3.63) is 16.1 Å². The summed E-state index contributed by atoms with van der Waals surface area (Å²) >= 11 is 1.57. The molecule has 4 atom stereocenters. The highest BCUT2D eigenvalue weighted by Crippen LogP contribution is 2.30. The normalized spacial score (nSPS) is 25.7. The lowest BCUT2D eigenvalue weighted by atomic mass is 9.93. The van der Waals surface area contributed by atoms with Crippen LogP contribution in [0.5, 0.6) is 0 Å². The third kappa shape index (κ3) is 2.95. The van der Waals surface area contributed by atoms with Crippen LogP contribution < -0.4 is 5.32 Å². The van der Waals surface area contributed by atoms with Gasteiger partial charge in [0.25, 0.3) is 0 Å². The fourth-order valence-electron chi connectivity index (χ4n) is 2.65. The highest BCUT2D eigenvalue weighted by atomic mass is 32.1. The number of hydrogen-bond acceptors (Lipinski definition) is 4. The molecule has 116 valence electrons. The highest BCUT2D eigenvalue weighted by molar-refractivity contribution is 7.11. The minimum atomic E-state index is -0.461. The van der Waals surface area contributed by atoms with E-state index in [9.17, 15) is 9.59 Å². The predicted octanol–water partition coefficient (Wildman–Crippen LogP) is 2.27. The number of aromatic nitrogens is 1. The van der Waals surface area contributed by atoms with E-state index in [4.69, 9.17) is 0 Å². The van der Waals surface area contributed by atoms with Crippen LogP contribution in [0.15, 0.2) is 6.20 Å². The van der Waals surface area contributed by atoms with Gasteiger partial charge in [0.1, 0.15) is 17.1 Å². The molecule has 2 rings (SSSR count). The minimum Gasteiger partial charge on any atom is -0.342 e. The fourth-order valence-corrected chi connectivity index (χ4v) is 3.47. The molecule has 0 aromatic carbocycles. The molecule has 5 nitrogen and oxygen atoms in total. The van der Waals surface area contributed by atoms with Crippen molar-refractivity contribution >= 4 is 23.2 Å². The van der Waals surface area contributed by atoms with E-state index < -0.39 is 12.1 Å². The Kier molecular flexibility index (Phi) is 4.66. The Morgan fingerprint density at radius 3 is 2.62 bits per heavy atom. The third-order valence-electron chi connectivity index (χ3n) is 4.24. The summed E-state index contributed by atoms with van der Waals surface area (Å²) in [6.07, 6.45) is 2.66. The second-order valence-corrected chi connectivity index (χ2v) is 7.04. The van der Waals surface area contributed by atoms with Crippen LogP contribution in [0.3, 0.4) is 0 Å². The van der Waals surface area contributed by atoms with Crippen molar-refractivity contribution in [1.29, 1.82) is 0 Å². The van der Waals surface area contributed by atoms with Gasteiger partial charge in [-0.3, -0.25) is 9.59 Å². The first kappa shape index (κ1) is 15.9. The number of hydrogen-bond donors (Lipinski definition) is 1. The van der Waals surface area contributed by atoms with Gasteiger partial charge in [-0.2, -0.15) is 0 Å². The van der Waals surface area contributed by atoms with Gasteiger partial charge in [-0.25, -0.2) is 4.98 Å². The van der Waals surface area contributed by atoms with Crippen LogP contribution in [0.1, 0.15) is 50.0 Å². The Labute approximate surface area is 129 Å². The van der Waals surface area contributed by atoms with E-state index >= 15 is 0 Å². The van der Waals surface area contributed by atoms with E-state index in [1.807, 2.05) is 33.9 Å². The third-order valence-corrected chi connectivity index (χ3v) is 5.32. The Bertz CT molecular complexity index is 543. The van der Waals surface area contributed by atoms with Gasteiger partial charge in [-0.15, -0.1) is 11.3 Å². The molecule has 1 saturated heterocycles. The average Bonchev–Trinajstić information content (AvgIpc) is 2.88. The molecule has 1 fully saturated rings. The van der Waals surface area contributed by atoms with Gasteiger partial charge in [-0.1, -0.05) is 20.3 Å². The first-order valence-corrected chi connectivity index (χ1v) is 8.23. The van der Waals surface area contributed by atoms with Gasteiger partial charge in [0.15, 0.2) is 0 Å². The summed E-state index contributed by atoms with van der Waals surface area (Å²) in [5, 5.41) is 3.74. The number of carbonyl (C=O) groups excluding carboxylic acids is 2. The molecule has 0 bridgehead atoms. The van der Waals surface area contributed by atoms with Crippen LogP contribution in [0, 0.1) is 12.8 Å². The highest BCUT2D eigenvalue weighted by Gasteiger charge is 2.42. The van der Waals surface area contributed by atoms with Gasteiger partial charge in [0, 0.05) is 11.1 Å². The Morgan fingerprint density at radius 1 is 1.43 bits per heavy atom. The van der Waals surface area contributed by atoms with E-state index in [0.29, 0.717) is 0 Å². The molecule has 2 amide bonds. The molecule has 1 aromatic heterocycles. The number of amides is 2. The molecule has 6 heteroatoms. The molecule has 2 heterocycles. The van der Waals surface area contributed by atoms with Crippen LogP contribution >= 0.6 is 11.3 Å². The molecule has 0 radical (unpaired) electrons. The molecule has 0 aliphatic carbocycles. The van der Waals surface area contributed by atoms with Crippen LogP contribution in [-0.2, 0) is 9.59 Å². The molecule has 21 heavy (non-hydrogen) atoms. The predicted molar refractivity (Wildman–Crippen MR) is 83.0 cm³/mol. The fraction of sp³-hybridized carbons (Fsp3) is 0.667. The van der Waals surface area contributed by atoms with Crippen LogP contribution in [0.2, 0.25) is 0 Å².